The van der Waals surface area contributed by atoms with E-state index in [1.807, 2.05) is 60.7 Å². The lowest BCUT2D eigenvalue weighted by Gasteiger charge is -2.44. The molecule has 0 saturated carbocycles. The van der Waals surface area contributed by atoms with Gasteiger partial charge in [0, 0.05) is 7.11 Å². The molecule has 1 aliphatic rings. The van der Waals surface area contributed by atoms with Crippen molar-refractivity contribution in [3.8, 4) is 6.07 Å². The number of benzene rings is 2. The second-order valence-electron chi connectivity index (χ2n) is 5.77. The van der Waals surface area contributed by atoms with E-state index >= 15 is 0 Å². The molecule has 5 heteroatoms. The summed E-state index contributed by atoms with van der Waals surface area (Å²) < 4.78 is 4.40. The Bertz CT molecular complexity index is 760. The maximum atomic E-state index is 12.7. The van der Waals surface area contributed by atoms with E-state index in [0.717, 1.165) is 11.1 Å². The lowest BCUT2D eigenvalue weighted by molar-refractivity contribution is -0.129. The highest BCUT2D eigenvalue weighted by Gasteiger charge is 2.55. The fourth-order valence-corrected chi connectivity index (χ4v) is 3.93. The molecule has 4 nitrogen and oxygen atoms in total. The predicted octanol–water partition coefficient (Wildman–Crippen LogP) is 3.31. The van der Waals surface area contributed by atoms with Gasteiger partial charge in [-0.05, 0) is 11.1 Å². The van der Waals surface area contributed by atoms with Gasteiger partial charge in [0.2, 0.25) is 0 Å². The molecule has 1 N–H and O–H groups in total. The topological polar surface area (TPSA) is 62.1 Å². The number of carbonyl (C=O) groups is 1. The summed E-state index contributed by atoms with van der Waals surface area (Å²) in [7, 11) is 1.61. The van der Waals surface area contributed by atoms with Crippen LogP contribution in [0.3, 0.4) is 0 Å². The minimum atomic E-state index is -1.37. The smallest absolute Gasteiger partial charge is 0.252 e. The van der Waals surface area contributed by atoms with E-state index in [-0.39, 0.29) is 18.1 Å². The molecule has 1 heterocycles. The zero-order valence-electron chi connectivity index (χ0n) is 13.1. The van der Waals surface area contributed by atoms with E-state index in [0.29, 0.717) is 0 Å². The molecule has 4 unspecified atom stereocenters. The van der Waals surface area contributed by atoms with Crippen LogP contribution in [0, 0.1) is 11.3 Å². The second-order valence-corrected chi connectivity index (χ2v) is 7.02. The molecular formula is C19H17BrN2O2. The molecule has 122 valence electrons. The molecule has 3 rings (SSSR count). The molecular weight excluding hydrogens is 368 g/mol. The molecule has 2 aromatic carbocycles. The van der Waals surface area contributed by atoms with Crippen LogP contribution in [0.2, 0.25) is 0 Å². The monoisotopic (exact) mass is 384 g/mol. The van der Waals surface area contributed by atoms with Gasteiger partial charge in [0.05, 0.1) is 24.1 Å². The summed E-state index contributed by atoms with van der Waals surface area (Å²) >= 11 is 3.39. The SMILES string of the molecule is COC1C(c2ccccc2)NC(=O)C(Br)(C#N)C1c1ccccc1. The van der Waals surface area contributed by atoms with Gasteiger partial charge >= 0.3 is 0 Å². The Kier molecular flexibility index (Phi) is 4.70. The Balaban J connectivity index is 2.13. The van der Waals surface area contributed by atoms with Gasteiger partial charge in [-0.1, -0.05) is 76.6 Å². The average Bonchev–Trinajstić information content (AvgIpc) is 2.64. The molecule has 0 bridgehead atoms. The van der Waals surface area contributed by atoms with Crippen molar-refractivity contribution in [3.63, 3.8) is 0 Å². The normalized spacial score (nSPS) is 29.5. The molecule has 1 amide bonds. The first-order chi connectivity index (χ1) is 11.6. The number of alkyl halides is 1. The predicted molar refractivity (Wildman–Crippen MR) is 94.6 cm³/mol. The maximum Gasteiger partial charge on any atom is 0.252 e. The molecule has 24 heavy (non-hydrogen) atoms. The number of piperidine rings is 1. The van der Waals surface area contributed by atoms with Crippen LogP contribution in [0.15, 0.2) is 60.7 Å². The summed E-state index contributed by atoms with van der Waals surface area (Å²) in [5, 5.41) is 12.7. The summed E-state index contributed by atoms with van der Waals surface area (Å²) in [6, 6.07) is 21.0. The zero-order valence-corrected chi connectivity index (χ0v) is 14.7. The zero-order chi connectivity index (χ0) is 17.2. The van der Waals surface area contributed by atoms with Gasteiger partial charge in [0.25, 0.3) is 5.91 Å². The lowest BCUT2D eigenvalue weighted by Crippen LogP contribution is -2.59. The number of rotatable bonds is 3. The molecule has 0 radical (unpaired) electrons. The van der Waals surface area contributed by atoms with Crippen molar-refractivity contribution in [2.24, 2.45) is 0 Å². The number of nitrogens with zero attached hydrogens (tertiary/aromatic N) is 1. The van der Waals surface area contributed by atoms with Gasteiger partial charge in [-0.25, -0.2) is 0 Å². The van der Waals surface area contributed by atoms with E-state index in [1.54, 1.807) is 7.11 Å². The number of amides is 1. The minimum Gasteiger partial charge on any atom is -0.378 e. The van der Waals surface area contributed by atoms with E-state index in [9.17, 15) is 10.1 Å². The van der Waals surface area contributed by atoms with E-state index < -0.39 is 10.2 Å². The van der Waals surface area contributed by atoms with Crippen molar-refractivity contribution in [3.05, 3.63) is 71.8 Å². The molecule has 2 aromatic rings. The molecule has 1 aliphatic heterocycles. The molecule has 1 fully saturated rings. The van der Waals surface area contributed by atoms with Crippen molar-refractivity contribution in [2.45, 2.75) is 22.4 Å². The van der Waals surface area contributed by atoms with Crippen molar-refractivity contribution in [1.29, 1.82) is 5.26 Å². The first kappa shape index (κ1) is 16.7. The van der Waals surface area contributed by atoms with Gasteiger partial charge < -0.3 is 10.1 Å². The lowest BCUT2D eigenvalue weighted by atomic mass is 9.74. The van der Waals surface area contributed by atoms with Crippen molar-refractivity contribution in [1.82, 2.24) is 5.32 Å². The Hall–Kier alpha value is -2.16. The van der Waals surface area contributed by atoms with Crippen LogP contribution in [-0.4, -0.2) is 23.4 Å². The van der Waals surface area contributed by atoms with Crippen LogP contribution in [0.25, 0.3) is 0 Å². The number of halogens is 1. The first-order valence-electron chi connectivity index (χ1n) is 7.65. The Morgan fingerprint density at radius 3 is 2.12 bits per heavy atom. The maximum absolute atomic E-state index is 12.7. The second kappa shape index (κ2) is 6.76. The van der Waals surface area contributed by atoms with Gasteiger partial charge in [-0.3, -0.25) is 4.79 Å². The summed E-state index contributed by atoms with van der Waals surface area (Å²) in [6.07, 6.45) is -0.383. The van der Waals surface area contributed by atoms with Crippen LogP contribution >= 0.6 is 15.9 Å². The van der Waals surface area contributed by atoms with Crippen LogP contribution in [0.4, 0.5) is 0 Å². The third-order valence-corrected chi connectivity index (χ3v) is 5.49. The number of hydrogen-bond donors (Lipinski definition) is 1. The van der Waals surface area contributed by atoms with Gasteiger partial charge in [-0.2, -0.15) is 5.26 Å². The van der Waals surface area contributed by atoms with Crippen LogP contribution in [0.1, 0.15) is 23.1 Å². The number of ether oxygens (including phenoxy) is 1. The van der Waals surface area contributed by atoms with E-state index in [1.165, 1.54) is 0 Å². The fraction of sp³-hybridized carbons (Fsp3) is 0.263. The number of hydrogen-bond acceptors (Lipinski definition) is 3. The highest BCUT2D eigenvalue weighted by atomic mass is 79.9. The van der Waals surface area contributed by atoms with Gasteiger partial charge in [0.15, 0.2) is 4.32 Å². The molecule has 1 saturated heterocycles. The highest BCUT2D eigenvalue weighted by molar-refractivity contribution is 9.10. The number of carbonyl (C=O) groups excluding carboxylic acids is 1. The fourth-order valence-electron chi connectivity index (χ4n) is 3.29. The summed E-state index contributed by atoms with van der Waals surface area (Å²) in [4.78, 5) is 12.7. The summed E-state index contributed by atoms with van der Waals surface area (Å²) in [5.74, 6) is -0.784. The Labute approximate surface area is 149 Å². The number of methoxy groups -OCH3 is 1. The first-order valence-corrected chi connectivity index (χ1v) is 8.45. The minimum absolute atomic E-state index is 0.326. The number of nitriles is 1. The molecule has 0 aliphatic carbocycles. The quantitative estimate of drug-likeness (QED) is 0.825. The highest BCUT2D eigenvalue weighted by Crippen LogP contribution is 2.46. The molecule has 0 aromatic heterocycles. The Morgan fingerprint density at radius 2 is 1.62 bits per heavy atom. The molecule has 4 atom stereocenters. The third kappa shape index (κ3) is 2.72. The van der Waals surface area contributed by atoms with Gasteiger partial charge in [-0.15, -0.1) is 0 Å². The largest absolute Gasteiger partial charge is 0.378 e. The van der Waals surface area contributed by atoms with Crippen molar-refractivity contribution >= 4 is 21.8 Å². The Morgan fingerprint density at radius 1 is 1.08 bits per heavy atom. The number of nitrogens with one attached hydrogen (secondary N) is 1. The van der Waals surface area contributed by atoms with E-state index in [4.69, 9.17) is 4.74 Å². The van der Waals surface area contributed by atoms with Gasteiger partial charge in [0.1, 0.15) is 0 Å². The van der Waals surface area contributed by atoms with Crippen molar-refractivity contribution < 1.29 is 9.53 Å². The van der Waals surface area contributed by atoms with E-state index in [2.05, 4.69) is 27.3 Å². The standard InChI is InChI=1S/C19H17BrN2O2/c1-24-17-15(13-8-4-2-5-9-13)19(20,12-21)18(23)22-16(17)14-10-6-3-7-11-14/h2-11,15-17H,1H3,(H,22,23). The molecule has 0 spiro atoms. The third-order valence-electron chi connectivity index (χ3n) is 4.45. The average molecular weight is 385 g/mol. The van der Waals surface area contributed by atoms with Crippen LogP contribution in [-0.2, 0) is 9.53 Å². The summed E-state index contributed by atoms with van der Waals surface area (Å²) in [5.41, 5.74) is 1.84. The summed E-state index contributed by atoms with van der Waals surface area (Å²) in [6.45, 7) is 0. The van der Waals surface area contributed by atoms with Crippen LogP contribution < -0.4 is 5.32 Å². The van der Waals surface area contributed by atoms with Crippen molar-refractivity contribution in [2.75, 3.05) is 7.11 Å². The van der Waals surface area contributed by atoms with Crippen LogP contribution in [0.5, 0.6) is 0 Å².